The molecule has 16 heavy (non-hydrogen) atoms. The van der Waals surface area contributed by atoms with E-state index in [1.54, 1.807) is 13.8 Å². The van der Waals surface area contributed by atoms with Crippen molar-refractivity contribution in [2.75, 3.05) is 0 Å². The van der Waals surface area contributed by atoms with Crippen LogP contribution in [0.25, 0.3) is 0 Å². The summed E-state index contributed by atoms with van der Waals surface area (Å²) in [6.07, 6.45) is 0.0413. The first-order valence-corrected chi connectivity index (χ1v) is 4.63. The van der Waals surface area contributed by atoms with Gasteiger partial charge in [-0.25, -0.2) is 5.84 Å². The molecule has 0 radical (unpaired) electrons. The van der Waals surface area contributed by atoms with E-state index < -0.39 is 5.56 Å². The Morgan fingerprint density at radius 3 is 2.69 bits per heavy atom. The van der Waals surface area contributed by atoms with Crippen LogP contribution in [0.3, 0.4) is 0 Å². The van der Waals surface area contributed by atoms with Crippen LogP contribution in [0.1, 0.15) is 22.4 Å². The highest BCUT2D eigenvalue weighted by Gasteiger charge is 2.14. The lowest BCUT2D eigenvalue weighted by molar-refractivity contribution is -0.120. The SMILES string of the molecule is Cc1[nH]c(=O)c(C#N)c(C)c1CC(=O)NN. The molecule has 0 aliphatic rings. The van der Waals surface area contributed by atoms with Crippen LogP contribution in [0, 0.1) is 25.2 Å². The second-order valence-electron chi connectivity index (χ2n) is 3.41. The maximum absolute atomic E-state index is 11.4. The van der Waals surface area contributed by atoms with Gasteiger partial charge in [-0.15, -0.1) is 0 Å². The van der Waals surface area contributed by atoms with Crippen molar-refractivity contribution in [2.45, 2.75) is 20.3 Å². The van der Waals surface area contributed by atoms with Gasteiger partial charge in [0.15, 0.2) is 0 Å². The summed E-state index contributed by atoms with van der Waals surface area (Å²) < 4.78 is 0. The lowest BCUT2D eigenvalue weighted by Crippen LogP contribution is -2.32. The van der Waals surface area contributed by atoms with Gasteiger partial charge >= 0.3 is 0 Å². The minimum Gasteiger partial charge on any atom is -0.325 e. The summed E-state index contributed by atoms with van der Waals surface area (Å²) in [4.78, 5) is 25.1. The number of aromatic nitrogens is 1. The quantitative estimate of drug-likeness (QED) is 0.351. The van der Waals surface area contributed by atoms with Crippen molar-refractivity contribution in [1.82, 2.24) is 10.4 Å². The number of aryl methyl sites for hydroxylation is 1. The van der Waals surface area contributed by atoms with E-state index in [4.69, 9.17) is 11.1 Å². The van der Waals surface area contributed by atoms with Gasteiger partial charge in [0.05, 0.1) is 6.42 Å². The number of hydrogen-bond acceptors (Lipinski definition) is 4. The summed E-state index contributed by atoms with van der Waals surface area (Å²) in [6, 6.07) is 1.82. The second kappa shape index (κ2) is 4.59. The van der Waals surface area contributed by atoms with Gasteiger partial charge in [-0.2, -0.15) is 5.26 Å². The fourth-order valence-electron chi connectivity index (χ4n) is 1.52. The Bertz CT molecular complexity index is 525. The Balaban J connectivity index is 3.35. The molecule has 1 aromatic rings. The van der Waals surface area contributed by atoms with Gasteiger partial charge in [0.2, 0.25) is 5.91 Å². The predicted octanol–water partition coefficient (Wildman–Crippen LogP) is -0.604. The molecule has 0 spiro atoms. The van der Waals surface area contributed by atoms with Crippen LogP contribution in [0.4, 0.5) is 0 Å². The molecule has 0 fully saturated rings. The van der Waals surface area contributed by atoms with E-state index in [1.165, 1.54) is 0 Å². The second-order valence-corrected chi connectivity index (χ2v) is 3.41. The number of hydrazine groups is 1. The highest BCUT2D eigenvalue weighted by molar-refractivity contribution is 5.78. The van der Waals surface area contributed by atoms with Crippen LogP contribution in [0.15, 0.2) is 4.79 Å². The van der Waals surface area contributed by atoms with Gasteiger partial charge in [-0.05, 0) is 25.0 Å². The van der Waals surface area contributed by atoms with Crippen LogP contribution in [0.2, 0.25) is 0 Å². The average molecular weight is 220 g/mol. The molecule has 1 amide bonds. The van der Waals surface area contributed by atoms with Crippen LogP contribution in [0.5, 0.6) is 0 Å². The third-order valence-corrected chi connectivity index (χ3v) is 2.42. The normalized spacial score (nSPS) is 9.62. The van der Waals surface area contributed by atoms with Crippen LogP contribution >= 0.6 is 0 Å². The van der Waals surface area contributed by atoms with E-state index in [1.807, 2.05) is 11.5 Å². The number of nitrogens with one attached hydrogen (secondary N) is 2. The maximum atomic E-state index is 11.4. The first-order chi connectivity index (χ1) is 7.51. The summed E-state index contributed by atoms with van der Waals surface area (Å²) in [7, 11) is 0. The molecule has 1 heterocycles. The third kappa shape index (κ3) is 2.10. The van der Waals surface area contributed by atoms with E-state index in [0.29, 0.717) is 16.8 Å². The summed E-state index contributed by atoms with van der Waals surface area (Å²) in [5.41, 5.74) is 3.32. The fourth-order valence-corrected chi connectivity index (χ4v) is 1.52. The summed E-state index contributed by atoms with van der Waals surface area (Å²) in [5, 5.41) is 8.81. The molecule has 0 saturated heterocycles. The Morgan fingerprint density at radius 2 is 2.19 bits per heavy atom. The molecule has 6 nitrogen and oxygen atoms in total. The number of aromatic amines is 1. The van der Waals surface area contributed by atoms with E-state index in [0.717, 1.165) is 0 Å². The van der Waals surface area contributed by atoms with Crippen molar-refractivity contribution in [2.24, 2.45) is 5.84 Å². The van der Waals surface area contributed by atoms with Gasteiger partial charge in [0, 0.05) is 5.69 Å². The molecule has 0 saturated carbocycles. The number of nitriles is 1. The van der Waals surface area contributed by atoms with Gasteiger partial charge in [-0.1, -0.05) is 0 Å². The molecular weight excluding hydrogens is 208 g/mol. The molecule has 84 valence electrons. The van der Waals surface area contributed by atoms with E-state index in [2.05, 4.69) is 4.98 Å². The maximum Gasteiger partial charge on any atom is 0.266 e. The number of nitrogens with two attached hydrogens (primary N) is 1. The number of hydrogen-bond donors (Lipinski definition) is 3. The number of carbonyl (C=O) groups is 1. The first kappa shape index (κ1) is 11.9. The number of carbonyl (C=O) groups excluding carboxylic acids is 1. The predicted molar refractivity (Wildman–Crippen MR) is 57.3 cm³/mol. The minimum absolute atomic E-state index is 0.0328. The third-order valence-electron chi connectivity index (χ3n) is 2.42. The lowest BCUT2D eigenvalue weighted by atomic mass is 10.0. The van der Waals surface area contributed by atoms with E-state index >= 15 is 0 Å². The van der Waals surface area contributed by atoms with Crippen LogP contribution in [-0.4, -0.2) is 10.9 Å². The zero-order valence-electron chi connectivity index (χ0n) is 9.05. The molecule has 0 aliphatic heterocycles. The molecule has 6 heteroatoms. The van der Waals surface area contributed by atoms with Crippen molar-refractivity contribution < 1.29 is 4.79 Å². The molecule has 0 aliphatic carbocycles. The Labute approximate surface area is 92.1 Å². The molecule has 0 bridgehead atoms. The summed E-state index contributed by atoms with van der Waals surface area (Å²) in [6.45, 7) is 3.31. The summed E-state index contributed by atoms with van der Waals surface area (Å²) in [5.74, 6) is 4.61. The Hall–Kier alpha value is -2.13. The van der Waals surface area contributed by atoms with Gasteiger partial charge < -0.3 is 4.98 Å². The fraction of sp³-hybridized carbons (Fsp3) is 0.300. The molecule has 0 unspecified atom stereocenters. The van der Waals surface area contributed by atoms with Crippen molar-refractivity contribution >= 4 is 5.91 Å². The molecule has 1 aromatic heterocycles. The average Bonchev–Trinajstić information content (AvgIpc) is 2.24. The zero-order valence-corrected chi connectivity index (χ0v) is 9.05. The van der Waals surface area contributed by atoms with Crippen molar-refractivity contribution in [3.8, 4) is 6.07 Å². The molecule has 0 aromatic carbocycles. The van der Waals surface area contributed by atoms with Gasteiger partial charge in [0.1, 0.15) is 11.6 Å². The first-order valence-electron chi connectivity index (χ1n) is 4.63. The summed E-state index contributed by atoms with van der Waals surface area (Å²) >= 11 is 0. The smallest absolute Gasteiger partial charge is 0.266 e. The zero-order chi connectivity index (χ0) is 12.3. The van der Waals surface area contributed by atoms with Crippen LogP contribution in [-0.2, 0) is 11.2 Å². The Morgan fingerprint density at radius 1 is 1.56 bits per heavy atom. The monoisotopic (exact) mass is 220 g/mol. The standard InChI is InChI=1S/C10H12N4O2/c1-5-7(3-9(15)14-12)6(2)13-10(16)8(5)4-11/h3,12H2,1-2H3,(H,13,16)(H,14,15). The van der Waals surface area contributed by atoms with Crippen LogP contribution < -0.4 is 16.8 Å². The number of pyridine rings is 1. The van der Waals surface area contributed by atoms with E-state index in [-0.39, 0.29) is 17.9 Å². The van der Waals surface area contributed by atoms with Crippen molar-refractivity contribution in [1.29, 1.82) is 5.26 Å². The molecule has 0 atom stereocenters. The molecule has 1 rings (SSSR count). The van der Waals surface area contributed by atoms with Gasteiger partial charge in [-0.3, -0.25) is 15.0 Å². The topological polar surface area (TPSA) is 112 Å². The van der Waals surface area contributed by atoms with E-state index in [9.17, 15) is 9.59 Å². The highest BCUT2D eigenvalue weighted by atomic mass is 16.2. The largest absolute Gasteiger partial charge is 0.325 e. The lowest BCUT2D eigenvalue weighted by Gasteiger charge is -2.09. The van der Waals surface area contributed by atoms with Gasteiger partial charge in [0.25, 0.3) is 5.56 Å². The number of amides is 1. The Kier molecular flexibility index (Phi) is 3.43. The number of nitrogens with zero attached hydrogens (tertiary/aromatic N) is 1. The van der Waals surface area contributed by atoms with Crippen molar-refractivity contribution in [3.63, 3.8) is 0 Å². The minimum atomic E-state index is -0.436. The molecule has 4 N–H and O–H groups in total. The van der Waals surface area contributed by atoms with Crippen molar-refractivity contribution in [3.05, 3.63) is 32.7 Å². The number of rotatable bonds is 2. The molecular formula is C10H12N4O2. The highest BCUT2D eigenvalue weighted by Crippen LogP contribution is 2.13. The number of H-pyrrole nitrogens is 1.